The van der Waals surface area contributed by atoms with Gasteiger partial charge < -0.3 is 19.0 Å². The number of ether oxygens (including phenoxy) is 2. The van der Waals surface area contributed by atoms with Gasteiger partial charge in [-0.3, -0.25) is 4.79 Å². The highest BCUT2D eigenvalue weighted by Gasteiger charge is 2.40. The highest BCUT2D eigenvalue weighted by atomic mass is 28.4. The number of carboxylic acid groups (broad SMARTS) is 1. The van der Waals surface area contributed by atoms with Crippen molar-refractivity contribution in [2.75, 3.05) is 6.79 Å². The number of rotatable bonds is 14. The average Bonchev–Trinajstić information content (AvgIpc) is 2.69. The predicted octanol–water partition coefficient (Wildman–Crippen LogP) is 6.38. The Morgan fingerprint density at radius 1 is 1.09 bits per heavy atom. The standard InChI is InChI=1S/C26H42O5Si/c1-7-8-9-10-14-17-23(30-21-29-20-22-15-12-11-13-16-22)18-24(19-25(27)28)31-32(5,6)26(2,3)4/h11-13,15-16,23-24H,7-8,14,17-21H2,1-6H3,(H,27,28)/t23-,24-/m1/s1. The van der Waals surface area contributed by atoms with Gasteiger partial charge in [-0.25, -0.2) is 0 Å². The molecule has 0 aromatic heterocycles. The Hall–Kier alpha value is -1.65. The fourth-order valence-corrected chi connectivity index (χ4v) is 4.30. The summed E-state index contributed by atoms with van der Waals surface area (Å²) in [7, 11) is -2.11. The van der Waals surface area contributed by atoms with E-state index in [1.54, 1.807) is 0 Å². The largest absolute Gasteiger partial charge is 0.481 e. The zero-order chi connectivity index (χ0) is 24.0. The minimum absolute atomic E-state index is 0.00449. The Morgan fingerprint density at radius 2 is 1.75 bits per heavy atom. The van der Waals surface area contributed by atoms with Crippen molar-refractivity contribution >= 4 is 14.3 Å². The van der Waals surface area contributed by atoms with Crippen molar-refractivity contribution in [3.8, 4) is 11.8 Å². The van der Waals surface area contributed by atoms with Crippen LogP contribution in [0.2, 0.25) is 18.1 Å². The molecule has 1 rings (SSSR count). The van der Waals surface area contributed by atoms with Gasteiger partial charge in [0.2, 0.25) is 0 Å². The molecule has 0 heterocycles. The molecule has 0 saturated heterocycles. The van der Waals surface area contributed by atoms with Crippen LogP contribution < -0.4 is 0 Å². The molecule has 0 aliphatic carbocycles. The molecule has 180 valence electrons. The van der Waals surface area contributed by atoms with E-state index in [1.165, 1.54) is 0 Å². The van der Waals surface area contributed by atoms with E-state index in [1.807, 2.05) is 30.3 Å². The summed E-state index contributed by atoms with van der Waals surface area (Å²) in [6.07, 6.45) is 3.29. The average molecular weight is 463 g/mol. The summed E-state index contributed by atoms with van der Waals surface area (Å²) in [5, 5.41) is 9.46. The normalized spacial score (nSPS) is 13.8. The number of carboxylic acids is 1. The van der Waals surface area contributed by atoms with Crippen molar-refractivity contribution < 1.29 is 23.8 Å². The molecule has 1 aromatic carbocycles. The summed E-state index contributed by atoms with van der Waals surface area (Å²) in [5.74, 6) is 5.52. The first-order valence-electron chi connectivity index (χ1n) is 11.6. The van der Waals surface area contributed by atoms with Crippen molar-refractivity contribution in [1.29, 1.82) is 0 Å². The van der Waals surface area contributed by atoms with E-state index in [4.69, 9.17) is 13.9 Å². The number of hydrogen-bond acceptors (Lipinski definition) is 4. The molecule has 1 N–H and O–H groups in total. The second-order valence-electron chi connectivity index (χ2n) is 9.72. The van der Waals surface area contributed by atoms with Gasteiger partial charge in [0, 0.05) is 12.8 Å². The third-order valence-corrected chi connectivity index (χ3v) is 10.3. The SMILES string of the molecule is CCCC#CCC[C@H](C[C@H](CC(=O)O)O[Si](C)(C)C(C)(C)C)OCOCc1ccccc1. The summed E-state index contributed by atoms with van der Waals surface area (Å²) in [5.41, 5.74) is 1.09. The topological polar surface area (TPSA) is 65.0 Å². The molecule has 0 unspecified atom stereocenters. The van der Waals surface area contributed by atoms with Gasteiger partial charge in [0.15, 0.2) is 8.32 Å². The molecule has 2 atom stereocenters. The number of hydrogen-bond donors (Lipinski definition) is 1. The van der Waals surface area contributed by atoms with Crippen LogP contribution in [0.25, 0.3) is 0 Å². The van der Waals surface area contributed by atoms with Crippen molar-refractivity contribution in [3.63, 3.8) is 0 Å². The summed E-state index contributed by atoms with van der Waals surface area (Å²) >= 11 is 0. The van der Waals surface area contributed by atoms with E-state index in [2.05, 4.69) is 52.6 Å². The summed E-state index contributed by atoms with van der Waals surface area (Å²) < 4.78 is 18.2. The Morgan fingerprint density at radius 3 is 2.34 bits per heavy atom. The second-order valence-corrected chi connectivity index (χ2v) is 14.5. The summed E-state index contributed by atoms with van der Waals surface area (Å²) in [4.78, 5) is 11.5. The molecule has 0 spiro atoms. The van der Waals surface area contributed by atoms with Crippen LogP contribution in [0.3, 0.4) is 0 Å². The highest BCUT2D eigenvalue weighted by molar-refractivity contribution is 6.74. The van der Waals surface area contributed by atoms with E-state index < -0.39 is 20.4 Å². The zero-order valence-corrected chi connectivity index (χ0v) is 21.8. The lowest BCUT2D eigenvalue weighted by atomic mass is 10.0. The maximum atomic E-state index is 11.5. The van der Waals surface area contributed by atoms with Gasteiger partial charge >= 0.3 is 5.97 Å². The van der Waals surface area contributed by atoms with Crippen molar-refractivity contribution in [3.05, 3.63) is 35.9 Å². The molecule has 32 heavy (non-hydrogen) atoms. The van der Waals surface area contributed by atoms with Crippen LogP contribution in [0, 0.1) is 11.8 Å². The summed E-state index contributed by atoms with van der Waals surface area (Å²) in [6, 6.07) is 9.95. The van der Waals surface area contributed by atoms with E-state index >= 15 is 0 Å². The monoisotopic (exact) mass is 462 g/mol. The van der Waals surface area contributed by atoms with Crippen molar-refractivity contribution in [1.82, 2.24) is 0 Å². The van der Waals surface area contributed by atoms with Gasteiger partial charge in [0.1, 0.15) is 6.79 Å². The summed E-state index contributed by atoms with van der Waals surface area (Å²) in [6.45, 7) is 13.5. The Labute approximate surface area is 196 Å². The lowest BCUT2D eigenvalue weighted by Gasteiger charge is -2.39. The Balaban J connectivity index is 2.76. The van der Waals surface area contributed by atoms with Gasteiger partial charge in [-0.1, -0.05) is 58.0 Å². The zero-order valence-electron chi connectivity index (χ0n) is 20.8. The number of benzene rings is 1. The second kappa shape index (κ2) is 14.5. The predicted molar refractivity (Wildman–Crippen MR) is 132 cm³/mol. The molecule has 5 nitrogen and oxygen atoms in total. The van der Waals surface area contributed by atoms with Crippen LogP contribution in [-0.4, -0.2) is 38.4 Å². The quantitative estimate of drug-likeness (QED) is 0.150. The van der Waals surface area contributed by atoms with Crippen LogP contribution in [0.4, 0.5) is 0 Å². The van der Waals surface area contributed by atoms with E-state index in [9.17, 15) is 9.90 Å². The molecule has 0 aliphatic heterocycles. The van der Waals surface area contributed by atoms with E-state index in [0.717, 1.165) is 24.8 Å². The van der Waals surface area contributed by atoms with E-state index in [0.29, 0.717) is 19.4 Å². The molecule has 0 aliphatic rings. The first-order chi connectivity index (χ1) is 15.0. The van der Waals surface area contributed by atoms with Gasteiger partial charge in [-0.15, -0.1) is 11.8 Å². The first-order valence-corrected chi connectivity index (χ1v) is 14.5. The van der Waals surface area contributed by atoms with Crippen molar-refractivity contribution in [2.45, 2.75) is 103 Å². The minimum Gasteiger partial charge on any atom is -0.481 e. The molecule has 0 bridgehead atoms. The minimum atomic E-state index is -2.11. The molecular weight excluding hydrogens is 420 g/mol. The van der Waals surface area contributed by atoms with Gasteiger partial charge in [-0.05, 0) is 43.0 Å². The number of unbranched alkanes of at least 4 members (excludes halogenated alkanes) is 1. The fourth-order valence-electron chi connectivity index (χ4n) is 2.94. The third kappa shape index (κ3) is 11.8. The van der Waals surface area contributed by atoms with Crippen LogP contribution >= 0.6 is 0 Å². The van der Waals surface area contributed by atoms with Gasteiger partial charge in [-0.2, -0.15) is 0 Å². The highest BCUT2D eigenvalue weighted by Crippen LogP contribution is 2.38. The first kappa shape index (κ1) is 28.4. The molecule has 6 heteroatoms. The fraction of sp³-hybridized carbons (Fsp3) is 0.654. The maximum absolute atomic E-state index is 11.5. The molecule has 1 aromatic rings. The third-order valence-electron chi connectivity index (χ3n) is 5.79. The molecule has 0 saturated carbocycles. The van der Waals surface area contributed by atoms with Crippen LogP contribution in [0.1, 0.15) is 71.8 Å². The lowest BCUT2D eigenvalue weighted by molar-refractivity contribution is -0.140. The van der Waals surface area contributed by atoms with Gasteiger partial charge in [0.05, 0.1) is 25.2 Å². The van der Waals surface area contributed by atoms with Crippen LogP contribution in [-0.2, 0) is 25.3 Å². The Kier molecular flexibility index (Phi) is 12.8. The van der Waals surface area contributed by atoms with Crippen molar-refractivity contribution in [2.24, 2.45) is 0 Å². The maximum Gasteiger partial charge on any atom is 0.305 e. The Bertz CT molecular complexity index is 715. The molecular formula is C26H42O5Si. The molecule has 0 amide bonds. The van der Waals surface area contributed by atoms with Gasteiger partial charge in [0.25, 0.3) is 0 Å². The number of aliphatic carboxylic acids is 1. The van der Waals surface area contributed by atoms with Crippen LogP contribution in [0.15, 0.2) is 30.3 Å². The smallest absolute Gasteiger partial charge is 0.305 e. The molecule has 0 radical (unpaired) electrons. The lowest BCUT2D eigenvalue weighted by Crippen LogP contribution is -2.45. The van der Waals surface area contributed by atoms with E-state index in [-0.39, 0.29) is 24.4 Å². The van der Waals surface area contributed by atoms with Crippen LogP contribution in [0.5, 0.6) is 0 Å². The number of carbonyl (C=O) groups is 1. The molecule has 0 fully saturated rings.